The number of hydrogen-bond acceptors (Lipinski definition) is 4. The second-order valence-corrected chi connectivity index (χ2v) is 4.47. The summed E-state index contributed by atoms with van der Waals surface area (Å²) in [5.74, 6) is 0. The lowest BCUT2D eigenvalue weighted by Crippen LogP contribution is -2.31. The molecule has 0 bridgehead atoms. The number of thioether (sulfide) groups is 1. The molecule has 1 atom stereocenters. The van der Waals surface area contributed by atoms with Gasteiger partial charge in [0.15, 0.2) is 0 Å². The minimum Gasteiger partial charge on any atom is -0.316 e. The molecule has 0 amide bonds. The fourth-order valence-corrected chi connectivity index (χ4v) is 2.52. The van der Waals surface area contributed by atoms with Gasteiger partial charge in [-0.1, -0.05) is 11.8 Å². The predicted molar refractivity (Wildman–Crippen MR) is 61.0 cm³/mol. The van der Waals surface area contributed by atoms with Crippen LogP contribution in [-0.4, -0.2) is 28.5 Å². The summed E-state index contributed by atoms with van der Waals surface area (Å²) < 4.78 is 0. The molecule has 1 fully saturated rings. The molecule has 78 valence electrons. The van der Waals surface area contributed by atoms with Crippen molar-refractivity contribution >= 4 is 24.2 Å². The van der Waals surface area contributed by atoms with Crippen LogP contribution in [0.15, 0.2) is 23.4 Å². The molecule has 14 heavy (non-hydrogen) atoms. The Morgan fingerprint density at radius 3 is 3.07 bits per heavy atom. The molecule has 1 aliphatic rings. The van der Waals surface area contributed by atoms with Crippen LogP contribution in [0.1, 0.15) is 12.8 Å². The molecule has 1 unspecified atom stereocenters. The molecule has 1 aromatic rings. The van der Waals surface area contributed by atoms with Gasteiger partial charge in [0.25, 0.3) is 0 Å². The van der Waals surface area contributed by atoms with E-state index in [0.29, 0.717) is 5.25 Å². The van der Waals surface area contributed by atoms with E-state index in [2.05, 4.69) is 15.5 Å². The van der Waals surface area contributed by atoms with Crippen molar-refractivity contribution in [3.05, 3.63) is 18.3 Å². The normalized spacial score (nSPS) is 21.3. The first-order valence-electron chi connectivity index (χ1n) is 4.60. The van der Waals surface area contributed by atoms with Crippen molar-refractivity contribution < 1.29 is 0 Å². The average Bonchev–Trinajstić information content (AvgIpc) is 2.21. The molecule has 1 saturated heterocycles. The van der Waals surface area contributed by atoms with Crippen molar-refractivity contribution in [3.8, 4) is 0 Å². The lowest BCUT2D eigenvalue weighted by Gasteiger charge is -2.21. The van der Waals surface area contributed by atoms with Gasteiger partial charge in [-0.3, -0.25) is 0 Å². The van der Waals surface area contributed by atoms with Gasteiger partial charge in [0.1, 0.15) is 5.03 Å². The van der Waals surface area contributed by atoms with E-state index in [-0.39, 0.29) is 12.4 Å². The first kappa shape index (κ1) is 11.8. The maximum absolute atomic E-state index is 4.06. The molecule has 2 rings (SSSR count). The van der Waals surface area contributed by atoms with E-state index in [4.69, 9.17) is 0 Å². The molecule has 5 heteroatoms. The summed E-state index contributed by atoms with van der Waals surface area (Å²) in [6.07, 6.45) is 4.27. The number of hydrogen-bond donors (Lipinski definition) is 1. The molecule has 1 aliphatic heterocycles. The molecule has 1 aromatic heterocycles. The van der Waals surface area contributed by atoms with E-state index in [0.717, 1.165) is 18.1 Å². The molecule has 0 aromatic carbocycles. The summed E-state index contributed by atoms with van der Waals surface area (Å²) in [7, 11) is 0. The van der Waals surface area contributed by atoms with Gasteiger partial charge in [-0.25, -0.2) is 0 Å². The van der Waals surface area contributed by atoms with Gasteiger partial charge >= 0.3 is 0 Å². The highest BCUT2D eigenvalue weighted by Gasteiger charge is 2.14. The average molecular weight is 232 g/mol. The van der Waals surface area contributed by atoms with Crippen LogP contribution in [0.2, 0.25) is 0 Å². The lowest BCUT2D eigenvalue weighted by atomic mass is 10.2. The first-order chi connectivity index (χ1) is 6.45. The Morgan fingerprint density at radius 2 is 2.43 bits per heavy atom. The van der Waals surface area contributed by atoms with E-state index in [1.54, 1.807) is 6.20 Å². The Kier molecular flexibility index (Phi) is 5.22. The molecule has 3 nitrogen and oxygen atoms in total. The quantitative estimate of drug-likeness (QED) is 0.842. The van der Waals surface area contributed by atoms with Crippen LogP contribution >= 0.6 is 24.2 Å². The lowest BCUT2D eigenvalue weighted by molar-refractivity contribution is 0.531. The largest absolute Gasteiger partial charge is 0.316 e. The maximum Gasteiger partial charge on any atom is 0.119 e. The Labute approximate surface area is 94.5 Å². The van der Waals surface area contributed by atoms with Gasteiger partial charge in [0.2, 0.25) is 0 Å². The van der Waals surface area contributed by atoms with E-state index in [9.17, 15) is 0 Å². The van der Waals surface area contributed by atoms with E-state index >= 15 is 0 Å². The van der Waals surface area contributed by atoms with Crippen molar-refractivity contribution in [3.63, 3.8) is 0 Å². The number of nitrogens with zero attached hydrogens (tertiary/aromatic N) is 2. The van der Waals surface area contributed by atoms with Gasteiger partial charge < -0.3 is 5.32 Å². The second-order valence-electron chi connectivity index (χ2n) is 3.15. The topological polar surface area (TPSA) is 37.8 Å². The highest BCUT2D eigenvalue weighted by molar-refractivity contribution is 7.99. The Morgan fingerprint density at radius 1 is 1.50 bits per heavy atom. The standard InChI is InChI=1S/C9H13N3S.ClH/c1-3-8(7-10-5-1)13-9-4-2-6-11-12-9;/h2,4,6,8,10H,1,3,5,7H2;1H. The third-order valence-corrected chi connectivity index (χ3v) is 3.28. The van der Waals surface area contributed by atoms with Crippen molar-refractivity contribution in [2.45, 2.75) is 23.1 Å². The molecule has 0 aliphatic carbocycles. The summed E-state index contributed by atoms with van der Waals surface area (Å²) in [5.41, 5.74) is 0. The van der Waals surface area contributed by atoms with Crippen molar-refractivity contribution in [2.75, 3.05) is 13.1 Å². The summed E-state index contributed by atoms with van der Waals surface area (Å²) >= 11 is 1.83. The van der Waals surface area contributed by atoms with Crippen LogP contribution in [0.4, 0.5) is 0 Å². The predicted octanol–water partition coefficient (Wildman–Crippen LogP) is 1.74. The fourth-order valence-electron chi connectivity index (χ4n) is 1.44. The summed E-state index contributed by atoms with van der Waals surface area (Å²) in [5, 5.41) is 13.0. The van der Waals surface area contributed by atoms with Crippen LogP contribution in [0.25, 0.3) is 0 Å². The Balaban J connectivity index is 0.000000980. The summed E-state index contributed by atoms with van der Waals surface area (Å²) in [6, 6.07) is 3.96. The minimum atomic E-state index is 0. The van der Waals surface area contributed by atoms with Crippen LogP contribution < -0.4 is 5.32 Å². The van der Waals surface area contributed by atoms with Crippen LogP contribution in [0.3, 0.4) is 0 Å². The van der Waals surface area contributed by atoms with Gasteiger partial charge in [-0.2, -0.15) is 5.10 Å². The van der Waals surface area contributed by atoms with E-state index < -0.39 is 0 Å². The van der Waals surface area contributed by atoms with Gasteiger partial charge in [0, 0.05) is 18.0 Å². The van der Waals surface area contributed by atoms with Crippen LogP contribution in [0, 0.1) is 0 Å². The van der Waals surface area contributed by atoms with Gasteiger partial charge in [-0.05, 0) is 31.5 Å². The van der Waals surface area contributed by atoms with E-state index in [1.165, 1.54) is 12.8 Å². The zero-order valence-corrected chi connectivity index (χ0v) is 9.48. The molecule has 1 N–H and O–H groups in total. The number of rotatable bonds is 2. The van der Waals surface area contributed by atoms with Gasteiger partial charge in [0.05, 0.1) is 0 Å². The monoisotopic (exact) mass is 231 g/mol. The number of aromatic nitrogens is 2. The van der Waals surface area contributed by atoms with Crippen molar-refractivity contribution in [1.29, 1.82) is 0 Å². The number of piperidine rings is 1. The first-order valence-corrected chi connectivity index (χ1v) is 5.48. The molecular weight excluding hydrogens is 218 g/mol. The van der Waals surface area contributed by atoms with Crippen LogP contribution in [-0.2, 0) is 0 Å². The molecule has 0 radical (unpaired) electrons. The maximum atomic E-state index is 4.06. The molecule has 0 spiro atoms. The fraction of sp³-hybridized carbons (Fsp3) is 0.556. The molecule has 2 heterocycles. The van der Waals surface area contributed by atoms with Crippen LogP contribution in [0.5, 0.6) is 0 Å². The van der Waals surface area contributed by atoms with Gasteiger partial charge in [-0.15, -0.1) is 17.5 Å². The minimum absolute atomic E-state index is 0. The van der Waals surface area contributed by atoms with Crippen molar-refractivity contribution in [1.82, 2.24) is 15.5 Å². The smallest absolute Gasteiger partial charge is 0.119 e. The van der Waals surface area contributed by atoms with E-state index in [1.807, 2.05) is 23.9 Å². The summed E-state index contributed by atoms with van der Waals surface area (Å²) in [4.78, 5) is 0. The third kappa shape index (κ3) is 3.44. The molecule has 0 saturated carbocycles. The third-order valence-electron chi connectivity index (χ3n) is 2.09. The highest BCUT2D eigenvalue weighted by Crippen LogP contribution is 2.24. The highest BCUT2D eigenvalue weighted by atomic mass is 35.5. The Hall–Kier alpha value is -0.320. The zero-order valence-electron chi connectivity index (χ0n) is 7.85. The Bertz CT molecular complexity index is 251. The number of nitrogens with one attached hydrogen (secondary N) is 1. The zero-order chi connectivity index (χ0) is 8.93. The summed E-state index contributed by atoms with van der Waals surface area (Å²) in [6.45, 7) is 2.26. The second kappa shape index (κ2) is 6.22. The SMILES string of the molecule is Cl.c1cnnc(SC2CCCNC2)c1. The van der Waals surface area contributed by atoms with Crippen molar-refractivity contribution in [2.24, 2.45) is 0 Å². The molecular formula is C9H14ClN3S. The number of halogens is 1.